The summed E-state index contributed by atoms with van der Waals surface area (Å²) in [6.07, 6.45) is 6.58. The van der Waals surface area contributed by atoms with Gasteiger partial charge >= 0.3 is 5.97 Å². The Morgan fingerprint density at radius 2 is 1.82 bits per heavy atom. The summed E-state index contributed by atoms with van der Waals surface area (Å²) < 4.78 is 5.73. The second kappa shape index (κ2) is 10.3. The van der Waals surface area contributed by atoms with Crippen molar-refractivity contribution in [3.63, 3.8) is 0 Å². The Kier molecular flexibility index (Phi) is 8.32. The second-order valence-electron chi connectivity index (χ2n) is 7.83. The number of nitrogens with one attached hydrogen (secondary N) is 1. The van der Waals surface area contributed by atoms with E-state index in [1.54, 1.807) is 12.1 Å². The summed E-state index contributed by atoms with van der Waals surface area (Å²) in [5.74, 6) is -0.511. The molecule has 0 spiro atoms. The van der Waals surface area contributed by atoms with Gasteiger partial charge in [-0.05, 0) is 63.6 Å². The summed E-state index contributed by atoms with van der Waals surface area (Å²) in [5, 5.41) is 3.52. The van der Waals surface area contributed by atoms with Crippen LogP contribution < -0.4 is 5.32 Å². The Morgan fingerprint density at radius 1 is 1.18 bits per heavy atom. The lowest BCUT2D eigenvalue weighted by atomic mass is 10.0. The highest BCUT2D eigenvalue weighted by atomic mass is 35.5. The van der Waals surface area contributed by atoms with E-state index in [-0.39, 0.29) is 11.9 Å². The van der Waals surface area contributed by atoms with Crippen molar-refractivity contribution in [3.05, 3.63) is 28.3 Å². The number of hydrogen-bond donors (Lipinski definition) is 1. The quantitative estimate of drug-likeness (QED) is 0.511. The highest BCUT2D eigenvalue weighted by molar-refractivity contribution is 6.31. The van der Waals surface area contributed by atoms with Gasteiger partial charge in [0, 0.05) is 11.4 Å². The number of halogens is 1. The lowest BCUT2D eigenvalue weighted by Crippen LogP contribution is -2.60. The van der Waals surface area contributed by atoms with E-state index in [9.17, 15) is 9.59 Å². The number of carbonyl (C=O) groups is 2. The minimum absolute atomic E-state index is 0.0128. The molecule has 1 aliphatic heterocycles. The van der Waals surface area contributed by atoms with E-state index < -0.39 is 5.97 Å². The van der Waals surface area contributed by atoms with Crippen molar-refractivity contribution < 1.29 is 18.8 Å². The fourth-order valence-electron chi connectivity index (χ4n) is 4.48. The average Bonchev–Trinajstić information content (AvgIpc) is 2.93. The molecule has 1 unspecified atom stereocenters. The molecule has 5 nitrogen and oxygen atoms in total. The zero-order valence-electron chi connectivity index (χ0n) is 17.6. The van der Waals surface area contributed by atoms with Gasteiger partial charge in [0.15, 0.2) is 6.04 Å². The molecule has 28 heavy (non-hydrogen) atoms. The number of nitrogens with zero attached hydrogens (tertiary/aromatic N) is 1. The van der Waals surface area contributed by atoms with Crippen LogP contribution in [0.15, 0.2) is 12.1 Å². The summed E-state index contributed by atoms with van der Waals surface area (Å²) in [6, 6.07) is 3.20. The Hall–Kier alpha value is -1.59. The third-order valence-corrected chi connectivity index (χ3v) is 6.28. The molecule has 1 saturated heterocycles. The smallest absolute Gasteiger partial charge is 0.340 e. The lowest BCUT2D eigenvalue weighted by molar-refractivity contribution is -0.940. The molecule has 1 aromatic carbocycles. The van der Waals surface area contributed by atoms with Crippen molar-refractivity contribution >= 4 is 29.2 Å². The highest BCUT2D eigenvalue weighted by Gasteiger charge is 2.40. The molecule has 2 rings (SSSR count). The molecule has 0 radical (unpaired) electrons. The van der Waals surface area contributed by atoms with Gasteiger partial charge in [-0.15, -0.1) is 0 Å². The number of rotatable bonds is 7. The van der Waals surface area contributed by atoms with Gasteiger partial charge in [0.05, 0.1) is 38.0 Å². The molecule has 0 bridgehead atoms. The topological polar surface area (TPSA) is 55.4 Å². The van der Waals surface area contributed by atoms with E-state index in [1.165, 1.54) is 20.0 Å². The largest absolute Gasteiger partial charge is 0.465 e. The van der Waals surface area contributed by atoms with E-state index in [1.807, 2.05) is 6.92 Å². The number of aryl methyl sites for hydroxylation is 1. The van der Waals surface area contributed by atoms with Crippen LogP contribution in [0.25, 0.3) is 0 Å². The molecule has 1 aliphatic rings. The van der Waals surface area contributed by atoms with Gasteiger partial charge in [-0.25, -0.2) is 4.79 Å². The van der Waals surface area contributed by atoms with Crippen molar-refractivity contribution in [2.75, 3.05) is 32.1 Å². The van der Waals surface area contributed by atoms with Crippen LogP contribution in [0.5, 0.6) is 0 Å². The van der Waals surface area contributed by atoms with Crippen LogP contribution in [-0.4, -0.2) is 49.1 Å². The maximum Gasteiger partial charge on any atom is 0.340 e. The molecule has 1 N–H and O–H groups in total. The Morgan fingerprint density at radius 3 is 2.36 bits per heavy atom. The van der Waals surface area contributed by atoms with Crippen LogP contribution in [0.3, 0.4) is 0 Å². The van der Waals surface area contributed by atoms with Crippen LogP contribution >= 0.6 is 11.6 Å². The van der Waals surface area contributed by atoms with Crippen LogP contribution in [0, 0.1) is 6.92 Å². The summed E-state index contributed by atoms with van der Waals surface area (Å²) in [7, 11) is 1.33. The molecule has 156 valence electrons. The Balaban J connectivity index is 2.38. The molecule has 0 aliphatic carbocycles. The molecule has 1 aromatic rings. The predicted molar refractivity (Wildman–Crippen MR) is 114 cm³/mol. The molecule has 0 aromatic heterocycles. The van der Waals surface area contributed by atoms with Crippen molar-refractivity contribution in [2.45, 2.75) is 65.3 Å². The third-order valence-electron chi connectivity index (χ3n) is 6.07. The van der Waals surface area contributed by atoms with Gasteiger partial charge in [-0.2, -0.15) is 0 Å². The molecule has 6 heteroatoms. The minimum Gasteiger partial charge on any atom is -0.465 e. The van der Waals surface area contributed by atoms with E-state index in [0.717, 1.165) is 55.4 Å². The fraction of sp³-hybridized carbons (Fsp3) is 0.636. The Labute approximate surface area is 174 Å². The first-order valence-electron chi connectivity index (χ1n) is 10.4. The number of methoxy groups -OCH3 is 1. The zero-order valence-corrected chi connectivity index (χ0v) is 18.4. The van der Waals surface area contributed by atoms with Gasteiger partial charge in [0.2, 0.25) is 0 Å². The summed E-state index contributed by atoms with van der Waals surface area (Å²) in [4.78, 5) is 25.7. The lowest BCUT2D eigenvalue weighted by Gasteiger charge is -2.43. The number of amides is 1. The number of quaternary nitrogens is 1. The van der Waals surface area contributed by atoms with Gasteiger partial charge in [0.25, 0.3) is 5.91 Å². The van der Waals surface area contributed by atoms with Crippen molar-refractivity contribution in [1.29, 1.82) is 0 Å². The molecular weight excluding hydrogens is 376 g/mol. The molecule has 1 amide bonds. The van der Waals surface area contributed by atoms with Gasteiger partial charge < -0.3 is 14.5 Å². The van der Waals surface area contributed by atoms with Crippen molar-refractivity contribution in [3.8, 4) is 0 Å². The molecule has 1 fully saturated rings. The number of likely N-dealkylation sites (tertiary alicyclic amines) is 1. The van der Waals surface area contributed by atoms with Gasteiger partial charge in [-0.1, -0.05) is 18.5 Å². The minimum atomic E-state index is -0.498. The zero-order chi connectivity index (χ0) is 20.7. The maximum atomic E-state index is 13.5. The first kappa shape index (κ1) is 22.7. The number of benzene rings is 1. The van der Waals surface area contributed by atoms with Crippen LogP contribution in [0.2, 0.25) is 5.02 Å². The molecular formula is C22H34ClN2O3+. The second-order valence-corrected chi connectivity index (χ2v) is 8.26. The number of likely N-dealkylation sites (N-methyl/N-ethyl adjacent to an activating group) is 1. The van der Waals surface area contributed by atoms with E-state index in [0.29, 0.717) is 16.3 Å². The first-order chi connectivity index (χ1) is 13.4. The SMILES string of the molecule is CCCC(C(=O)Nc1c(C)cc(Cl)cc1C(=O)OC)[N+]1(CC)CCCCCC1. The monoisotopic (exact) mass is 409 g/mol. The highest BCUT2D eigenvalue weighted by Crippen LogP contribution is 2.29. The summed E-state index contributed by atoms with van der Waals surface area (Å²) in [5.41, 5.74) is 1.57. The number of hydrogen-bond acceptors (Lipinski definition) is 3. The number of anilines is 1. The predicted octanol–water partition coefficient (Wildman–Crippen LogP) is 4.95. The maximum absolute atomic E-state index is 13.5. The normalized spacial score (nSPS) is 17.5. The van der Waals surface area contributed by atoms with Crippen molar-refractivity contribution in [1.82, 2.24) is 0 Å². The summed E-state index contributed by atoms with van der Waals surface area (Å²) in [6.45, 7) is 9.18. The van der Waals surface area contributed by atoms with Gasteiger partial charge in [-0.3, -0.25) is 4.79 Å². The molecule has 1 heterocycles. The number of esters is 1. The number of ether oxygens (including phenoxy) is 1. The van der Waals surface area contributed by atoms with Crippen LogP contribution in [0.4, 0.5) is 5.69 Å². The van der Waals surface area contributed by atoms with E-state index in [4.69, 9.17) is 16.3 Å². The van der Waals surface area contributed by atoms with Crippen LogP contribution in [-0.2, 0) is 9.53 Å². The number of carbonyl (C=O) groups excluding carboxylic acids is 2. The standard InChI is InChI=1S/C22H33ClN2O3/c1-5-11-19(25(6-2)12-9-7-8-10-13-25)21(26)24-20-16(3)14-17(23)15-18(20)22(27)28-4/h14-15,19H,5-13H2,1-4H3/p+1. The summed E-state index contributed by atoms with van der Waals surface area (Å²) >= 11 is 6.13. The van der Waals surface area contributed by atoms with Gasteiger partial charge in [0.1, 0.15) is 0 Å². The van der Waals surface area contributed by atoms with Crippen LogP contribution in [0.1, 0.15) is 68.3 Å². The third kappa shape index (κ3) is 5.06. The van der Waals surface area contributed by atoms with E-state index in [2.05, 4.69) is 19.2 Å². The fourth-order valence-corrected chi connectivity index (χ4v) is 4.75. The average molecular weight is 410 g/mol. The molecule has 1 atom stereocenters. The van der Waals surface area contributed by atoms with E-state index >= 15 is 0 Å². The Bertz CT molecular complexity index is 697. The van der Waals surface area contributed by atoms with Crippen molar-refractivity contribution in [2.24, 2.45) is 0 Å². The molecule has 0 saturated carbocycles. The first-order valence-corrected chi connectivity index (χ1v) is 10.8.